The topological polar surface area (TPSA) is 50.4 Å². The fraction of sp³-hybridized carbons (Fsp3) is 0.278. The summed E-state index contributed by atoms with van der Waals surface area (Å²) >= 11 is 0. The molecule has 2 aromatic rings. The lowest BCUT2D eigenvalue weighted by molar-refractivity contribution is 0.238. The van der Waals surface area contributed by atoms with Gasteiger partial charge in [0.15, 0.2) is 11.6 Å². The predicted molar refractivity (Wildman–Crippen MR) is 89.2 cm³/mol. The summed E-state index contributed by atoms with van der Waals surface area (Å²) in [5.41, 5.74) is 0.877. The average molecular weight is 316 g/mol. The molecule has 1 atom stereocenters. The van der Waals surface area contributed by atoms with Crippen LogP contribution >= 0.6 is 0 Å². The maximum atomic E-state index is 13.7. The van der Waals surface area contributed by atoms with Crippen molar-refractivity contribution in [3.8, 4) is 5.75 Å². The van der Waals surface area contributed by atoms with Gasteiger partial charge in [0.25, 0.3) is 0 Å². The van der Waals surface area contributed by atoms with Crippen LogP contribution < -0.4 is 15.4 Å². The van der Waals surface area contributed by atoms with Crippen LogP contribution in [0.25, 0.3) is 0 Å². The monoisotopic (exact) mass is 316 g/mol. The van der Waals surface area contributed by atoms with Crippen LogP contribution in [-0.2, 0) is 5.54 Å². The fourth-order valence-corrected chi connectivity index (χ4v) is 2.33. The summed E-state index contributed by atoms with van der Waals surface area (Å²) < 4.78 is 18.5. The van der Waals surface area contributed by atoms with Gasteiger partial charge in [-0.1, -0.05) is 37.3 Å². The second-order valence-electron chi connectivity index (χ2n) is 5.48. The van der Waals surface area contributed by atoms with Gasteiger partial charge in [0.05, 0.1) is 12.6 Å². The van der Waals surface area contributed by atoms with Gasteiger partial charge < -0.3 is 15.4 Å². The van der Waals surface area contributed by atoms with E-state index in [2.05, 4.69) is 10.6 Å². The Morgan fingerprint density at radius 3 is 2.48 bits per heavy atom. The first-order chi connectivity index (χ1) is 11.0. The van der Waals surface area contributed by atoms with Crippen molar-refractivity contribution in [3.05, 3.63) is 59.9 Å². The molecule has 0 radical (unpaired) electrons. The quantitative estimate of drug-likeness (QED) is 0.865. The number of nitrogens with one attached hydrogen (secondary N) is 2. The van der Waals surface area contributed by atoms with E-state index in [0.29, 0.717) is 5.69 Å². The smallest absolute Gasteiger partial charge is 0.319 e. The third-order valence-corrected chi connectivity index (χ3v) is 3.92. The molecule has 2 N–H and O–H groups in total. The minimum atomic E-state index is -0.522. The molecule has 5 heteroatoms. The lowest BCUT2D eigenvalue weighted by Crippen LogP contribution is -2.45. The molecule has 0 spiro atoms. The second-order valence-corrected chi connectivity index (χ2v) is 5.48. The molecule has 0 heterocycles. The number of hydrogen-bond acceptors (Lipinski definition) is 2. The van der Waals surface area contributed by atoms with E-state index in [4.69, 9.17) is 4.74 Å². The largest absolute Gasteiger partial charge is 0.494 e. The van der Waals surface area contributed by atoms with E-state index < -0.39 is 11.4 Å². The number of carbonyl (C=O) groups excluding carboxylic acids is 1. The summed E-state index contributed by atoms with van der Waals surface area (Å²) in [6.07, 6.45) is 0.724. The van der Waals surface area contributed by atoms with E-state index in [1.54, 1.807) is 6.07 Å². The number of halogens is 1. The molecule has 0 aliphatic heterocycles. The Kier molecular flexibility index (Phi) is 5.21. The SMILES string of the molecule is CCC(C)(NC(=O)Nc1ccc(OC)c(F)c1)c1ccccc1. The van der Waals surface area contributed by atoms with Gasteiger partial charge in [0.2, 0.25) is 0 Å². The second kappa shape index (κ2) is 7.13. The maximum Gasteiger partial charge on any atom is 0.319 e. The molecule has 2 rings (SSSR count). The number of rotatable bonds is 5. The summed E-state index contributed by atoms with van der Waals surface area (Å²) in [4.78, 5) is 12.3. The van der Waals surface area contributed by atoms with E-state index in [1.165, 1.54) is 19.2 Å². The number of amides is 2. The first kappa shape index (κ1) is 16.8. The number of urea groups is 1. The molecule has 0 fully saturated rings. The molecule has 4 nitrogen and oxygen atoms in total. The Morgan fingerprint density at radius 2 is 1.91 bits per heavy atom. The van der Waals surface area contributed by atoms with Crippen molar-refractivity contribution < 1.29 is 13.9 Å². The Hall–Kier alpha value is -2.56. The molecule has 2 amide bonds. The summed E-state index contributed by atoms with van der Waals surface area (Å²) in [6, 6.07) is 13.6. The van der Waals surface area contributed by atoms with E-state index in [0.717, 1.165) is 12.0 Å². The molecular formula is C18H21FN2O2. The number of carbonyl (C=O) groups is 1. The first-order valence-corrected chi connectivity index (χ1v) is 7.46. The molecule has 0 saturated carbocycles. The van der Waals surface area contributed by atoms with Crippen molar-refractivity contribution in [3.63, 3.8) is 0 Å². The summed E-state index contributed by atoms with van der Waals surface area (Å²) in [5, 5.41) is 5.60. The van der Waals surface area contributed by atoms with Crippen molar-refractivity contribution >= 4 is 11.7 Å². The van der Waals surface area contributed by atoms with Crippen LogP contribution in [0.5, 0.6) is 5.75 Å². The zero-order valence-corrected chi connectivity index (χ0v) is 13.5. The Labute approximate surface area is 135 Å². The lowest BCUT2D eigenvalue weighted by atomic mass is 9.89. The highest BCUT2D eigenvalue weighted by Gasteiger charge is 2.26. The number of hydrogen-bond donors (Lipinski definition) is 2. The molecule has 0 saturated heterocycles. The molecule has 23 heavy (non-hydrogen) atoms. The highest BCUT2D eigenvalue weighted by atomic mass is 19.1. The lowest BCUT2D eigenvalue weighted by Gasteiger charge is -2.30. The van der Waals surface area contributed by atoms with Crippen LogP contribution in [0.15, 0.2) is 48.5 Å². The van der Waals surface area contributed by atoms with E-state index in [1.807, 2.05) is 44.2 Å². The van der Waals surface area contributed by atoms with Gasteiger partial charge in [-0.15, -0.1) is 0 Å². The van der Waals surface area contributed by atoms with Crippen molar-refractivity contribution in [2.45, 2.75) is 25.8 Å². The standard InChI is InChI=1S/C18H21FN2O2/c1-4-18(2,13-8-6-5-7-9-13)21-17(22)20-14-10-11-16(23-3)15(19)12-14/h5-12H,4H2,1-3H3,(H2,20,21,22). The predicted octanol–water partition coefficient (Wildman–Crippen LogP) is 4.28. The Morgan fingerprint density at radius 1 is 1.22 bits per heavy atom. The van der Waals surface area contributed by atoms with Crippen molar-refractivity contribution in [1.82, 2.24) is 5.32 Å². The minimum absolute atomic E-state index is 0.138. The molecule has 122 valence electrons. The third kappa shape index (κ3) is 4.00. The van der Waals surface area contributed by atoms with Crippen molar-refractivity contribution in [2.75, 3.05) is 12.4 Å². The van der Waals surface area contributed by atoms with Crippen molar-refractivity contribution in [2.24, 2.45) is 0 Å². The number of anilines is 1. The van der Waals surface area contributed by atoms with Gasteiger partial charge in [0, 0.05) is 11.8 Å². The zero-order valence-electron chi connectivity index (χ0n) is 13.5. The van der Waals surface area contributed by atoms with Crippen LogP contribution in [0.1, 0.15) is 25.8 Å². The maximum absolute atomic E-state index is 13.7. The molecule has 0 bridgehead atoms. The highest BCUT2D eigenvalue weighted by molar-refractivity contribution is 5.89. The molecule has 0 aliphatic carbocycles. The fourth-order valence-electron chi connectivity index (χ4n) is 2.33. The zero-order chi connectivity index (χ0) is 16.9. The summed E-state index contributed by atoms with van der Waals surface area (Å²) in [6.45, 7) is 3.96. The van der Waals surface area contributed by atoms with Gasteiger partial charge in [-0.3, -0.25) is 0 Å². The number of methoxy groups -OCH3 is 1. The van der Waals surface area contributed by atoms with Crippen LogP contribution in [0, 0.1) is 5.82 Å². The van der Waals surface area contributed by atoms with Gasteiger partial charge in [0.1, 0.15) is 0 Å². The highest BCUT2D eigenvalue weighted by Crippen LogP contribution is 2.25. The molecule has 1 unspecified atom stereocenters. The van der Waals surface area contributed by atoms with Crippen LogP contribution in [0.2, 0.25) is 0 Å². The van der Waals surface area contributed by atoms with Gasteiger partial charge in [-0.25, -0.2) is 9.18 Å². The van der Waals surface area contributed by atoms with E-state index >= 15 is 0 Å². The molecule has 0 aliphatic rings. The Balaban J connectivity index is 2.10. The third-order valence-electron chi connectivity index (χ3n) is 3.92. The van der Waals surface area contributed by atoms with Crippen LogP contribution in [0.3, 0.4) is 0 Å². The molecule has 0 aromatic heterocycles. The van der Waals surface area contributed by atoms with Crippen LogP contribution in [0.4, 0.5) is 14.9 Å². The number of ether oxygens (including phenoxy) is 1. The first-order valence-electron chi connectivity index (χ1n) is 7.46. The Bertz CT molecular complexity index is 676. The van der Waals surface area contributed by atoms with Crippen LogP contribution in [-0.4, -0.2) is 13.1 Å². The van der Waals surface area contributed by atoms with E-state index in [9.17, 15) is 9.18 Å². The van der Waals surface area contributed by atoms with Gasteiger partial charge >= 0.3 is 6.03 Å². The van der Waals surface area contributed by atoms with Gasteiger partial charge in [-0.2, -0.15) is 0 Å². The normalized spacial score (nSPS) is 13.0. The van der Waals surface area contributed by atoms with Crippen molar-refractivity contribution in [1.29, 1.82) is 0 Å². The summed E-state index contributed by atoms with van der Waals surface area (Å²) in [5.74, 6) is -0.384. The van der Waals surface area contributed by atoms with E-state index in [-0.39, 0.29) is 11.8 Å². The number of benzene rings is 2. The average Bonchev–Trinajstić information content (AvgIpc) is 2.55. The molecule has 2 aromatic carbocycles. The van der Waals surface area contributed by atoms with Gasteiger partial charge in [-0.05, 0) is 31.0 Å². The minimum Gasteiger partial charge on any atom is -0.494 e. The molecular weight excluding hydrogens is 295 g/mol. The summed E-state index contributed by atoms with van der Waals surface area (Å²) in [7, 11) is 1.39.